The first kappa shape index (κ1) is 14.8. The highest BCUT2D eigenvalue weighted by atomic mass is 35.5. The number of rotatable bonds is 3. The van der Waals surface area contributed by atoms with Crippen molar-refractivity contribution in [1.82, 2.24) is 0 Å². The second kappa shape index (κ2) is 5.57. The number of hydrogen-bond acceptors (Lipinski definition) is 2. The smallest absolute Gasteiger partial charge is 0.0805 e. The van der Waals surface area contributed by atoms with Gasteiger partial charge in [0.05, 0.1) is 16.1 Å². The summed E-state index contributed by atoms with van der Waals surface area (Å²) in [4.78, 5) is 0. The second-order valence-electron chi connectivity index (χ2n) is 5.40. The highest BCUT2D eigenvalue weighted by Gasteiger charge is 2.24. The third-order valence-corrected chi connectivity index (χ3v) is 3.66. The molecular formula is C13H19Cl2NO. The molecule has 0 saturated heterocycles. The number of nitrogens with two attached hydrogens (primary N) is 1. The minimum Gasteiger partial charge on any atom is -0.388 e. The van der Waals surface area contributed by atoms with Gasteiger partial charge in [-0.2, -0.15) is 0 Å². The van der Waals surface area contributed by atoms with Crippen molar-refractivity contribution in [2.45, 2.75) is 39.3 Å². The Morgan fingerprint density at radius 2 is 1.82 bits per heavy atom. The topological polar surface area (TPSA) is 46.2 Å². The lowest BCUT2D eigenvalue weighted by Gasteiger charge is -2.29. The monoisotopic (exact) mass is 275 g/mol. The van der Waals surface area contributed by atoms with E-state index in [1.54, 1.807) is 18.2 Å². The van der Waals surface area contributed by atoms with Gasteiger partial charge in [-0.3, -0.25) is 0 Å². The Morgan fingerprint density at radius 1 is 1.24 bits per heavy atom. The number of aliphatic hydroxyl groups is 1. The van der Waals surface area contributed by atoms with Gasteiger partial charge >= 0.3 is 0 Å². The van der Waals surface area contributed by atoms with Crippen LogP contribution < -0.4 is 5.73 Å². The van der Waals surface area contributed by atoms with E-state index >= 15 is 0 Å². The molecule has 0 heterocycles. The number of benzene rings is 1. The second-order valence-corrected chi connectivity index (χ2v) is 6.21. The molecule has 2 atom stereocenters. The largest absolute Gasteiger partial charge is 0.388 e. The molecule has 0 radical (unpaired) electrons. The van der Waals surface area contributed by atoms with Gasteiger partial charge in [0.1, 0.15) is 0 Å². The van der Waals surface area contributed by atoms with E-state index in [-0.39, 0.29) is 11.5 Å². The summed E-state index contributed by atoms with van der Waals surface area (Å²) in [7, 11) is 0. The van der Waals surface area contributed by atoms with E-state index in [9.17, 15) is 5.11 Å². The van der Waals surface area contributed by atoms with Crippen LogP contribution in [0.1, 0.15) is 38.9 Å². The first-order chi connectivity index (χ1) is 7.71. The van der Waals surface area contributed by atoms with Gasteiger partial charge < -0.3 is 10.8 Å². The molecule has 3 N–H and O–H groups in total. The summed E-state index contributed by atoms with van der Waals surface area (Å²) < 4.78 is 0. The molecule has 0 saturated carbocycles. The van der Waals surface area contributed by atoms with Crippen LogP contribution in [0, 0.1) is 5.41 Å². The van der Waals surface area contributed by atoms with Crippen molar-refractivity contribution < 1.29 is 5.11 Å². The lowest BCUT2D eigenvalue weighted by molar-refractivity contribution is 0.133. The summed E-state index contributed by atoms with van der Waals surface area (Å²) in [6, 6.07) is 5.07. The number of hydrogen-bond donors (Lipinski definition) is 2. The zero-order valence-electron chi connectivity index (χ0n) is 10.4. The molecule has 0 aliphatic heterocycles. The molecule has 1 rings (SSSR count). The fourth-order valence-electron chi connectivity index (χ4n) is 1.45. The Kier molecular flexibility index (Phi) is 4.85. The third kappa shape index (κ3) is 4.14. The van der Waals surface area contributed by atoms with Crippen molar-refractivity contribution >= 4 is 23.2 Å². The van der Waals surface area contributed by atoms with E-state index in [2.05, 4.69) is 20.8 Å². The van der Waals surface area contributed by atoms with Gasteiger partial charge in [0.25, 0.3) is 0 Å². The fourth-order valence-corrected chi connectivity index (χ4v) is 1.76. The summed E-state index contributed by atoms with van der Waals surface area (Å²) in [5.41, 5.74) is 6.76. The van der Waals surface area contributed by atoms with Crippen LogP contribution in [0.5, 0.6) is 0 Å². The average molecular weight is 276 g/mol. The van der Waals surface area contributed by atoms with Crippen LogP contribution in [0.2, 0.25) is 10.0 Å². The lowest BCUT2D eigenvalue weighted by Crippen LogP contribution is -2.36. The van der Waals surface area contributed by atoms with Crippen molar-refractivity contribution in [3.8, 4) is 0 Å². The summed E-state index contributed by atoms with van der Waals surface area (Å²) in [6.07, 6.45) is -0.111. The Morgan fingerprint density at radius 3 is 2.29 bits per heavy atom. The molecule has 96 valence electrons. The maximum absolute atomic E-state index is 10.1. The van der Waals surface area contributed by atoms with Gasteiger partial charge in [-0.1, -0.05) is 50.0 Å². The summed E-state index contributed by atoms with van der Waals surface area (Å²) in [5.74, 6) is 0. The van der Waals surface area contributed by atoms with Gasteiger partial charge in [0.15, 0.2) is 0 Å². The molecule has 0 unspecified atom stereocenters. The van der Waals surface area contributed by atoms with Crippen molar-refractivity contribution in [1.29, 1.82) is 0 Å². The Hall–Kier alpha value is -0.280. The maximum atomic E-state index is 10.1. The molecule has 4 heteroatoms. The first-order valence-electron chi connectivity index (χ1n) is 5.60. The normalized spacial score (nSPS) is 15.7. The standard InChI is InChI=1S/C13H19Cl2NO/c1-13(2,3)12(16)7-11(17)8-4-5-9(14)10(15)6-8/h4-6,11-12,17H,7,16H2,1-3H3/t11-,12-/m0/s1. The highest BCUT2D eigenvalue weighted by molar-refractivity contribution is 6.42. The van der Waals surface area contributed by atoms with Crippen LogP contribution in [0.25, 0.3) is 0 Å². The van der Waals surface area contributed by atoms with E-state index in [1.165, 1.54) is 0 Å². The van der Waals surface area contributed by atoms with Crippen LogP contribution in [0.15, 0.2) is 18.2 Å². The summed E-state index contributed by atoms with van der Waals surface area (Å²) >= 11 is 11.7. The third-order valence-electron chi connectivity index (χ3n) is 2.92. The zero-order chi connectivity index (χ0) is 13.2. The predicted molar refractivity (Wildman–Crippen MR) is 73.5 cm³/mol. The fraction of sp³-hybridized carbons (Fsp3) is 0.538. The first-order valence-corrected chi connectivity index (χ1v) is 6.36. The molecule has 0 fully saturated rings. The molecule has 1 aromatic carbocycles. The molecule has 0 spiro atoms. The van der Waals surface area contributed by atoms with Crippen LogP contribution >= 0.6 is 23.2 Å². The van der Waals surface area contributed by atoms with Gasteiger partial charge in [0.2, 0.25) is 0 Å². The van der Waals surface area contributed by atoms with Gasteiger partial charge in [-0.05, 0) is 29.5 Å². The van der Waals surface area contributed by atoms with Crippen molar-refractivity contribution in [2.24, 2.45) is 11.1 Å². The molecule has 0 aliphatic carbocycles. The Labute approximate surface area is 113 Å². The van der Waals surface area contributed by atoms with Crippen molar-refractivity contribution in [3.63, 3.8) is 0 Å². The van der Waals surface area contributed by atoms with Crippen LogP contribution in [-0.4, -0.2) is 11.1 Å². The lowest BCUT2D eigenvalue weighted by atomic mass is 9.83. The van der Waals surface area contributed by atoms with Crippen LogP contribution in [0.3, 0.4) is 0 Å². The molecule has 0 amide bonds. The van der Waals surface area contributed by atoms with Crippen LogP contribution in [-0.2, 0) is 0 Å². The molecular weight excluding hydrogens is 257 g/mol. The SMILES string of the molecule is CC(C)(C)[C@@H](N)C[C@H](O)c1ccc(Cl)c(Cl)c1. The van der Waals surface area contributed by atoms with E-state index in [0.29, 0.717) is 16.5 Å². The summed E-state index contributed by atoms with van der Waals surface area (Å²) in [5, 5.41) is 11.0. The molecule has 0 aromatic heterocycles. The Bertz CT molecular complexity index is 387. The van der Waals surface area contributed by atoms with Crippen LogP contribution in [0.4, 0.5) is 0 Å². The highest BCUT2D eigenvalue weighted by Crippen LogP contribution is 2.30. The number of halogens is 2. The minimum absolute atomic E-state index is 0.0306. The zero-order valence-corrected chi connectivity index (χ0v) is 11.9. The van der Waals surface area contributed by atoms with Crippen molar-refractivity contribution in [3.05, 3.63) is 33.8 Å². The molecule has 1 aromatic rings. The average Bonchev–Trinajstić information content (AvgIpc) is 2.20. The van der Waals surface area contributed by atoms with Gasteiger partial charge in [-0.15, -0.1) is 0 Å². The van der Waals surface area contributed by atoms with Gasteiger partial charge in [0, 0.05) is 6.04 Å². The molecule has 0 bridgehead atoms. The predicted octanol–water partition coefficient (Wildman–Crippen LogP) is 3.79. The maximum Gasteiger partial charge on any atom is 0.0805 e. The minimum atomic E-state index is -0.612. The van der Waals surface area contributed by atoms with E-state index in [1.807, 2.05) is 0 Å². The molecule has 0 aliphatic rings. The Balaban J connectivity index is 2.76. The van der Waals surface area contributed by atoms with E-state index in [0.717, 1.165) is 5.56 Å². The van der Waals surface area contributed by atoms with Gasteiger partial charge in [-0.25, -0.2) is 0 Å². The molecule has 2 nitrogen and oxygen atoms in total. The summed E-state index contributed by atoms with van der Waals surface area (Å²) in [6.45, 7) is 6.16. The quantitative estimate of drug-likeness (QED) is 0.882. The van der Waals surface area contributed by atoms with E-state index < -0.39 is 6.10 Å². The number of aliphatic hydroxyl groups excluding tert-OH is 1. The van der Waals surface area contributed by atoms with Crippen molar-refractivity contribution in [2.75, 3.05) is 0 Å². The van der Waals surface area contributed by atoms with E-state index in [4.69, 9.17) is 28.9 Å². The molecule has 17 heavy (non-hydrogen) atoms.